The van der Waals surface area contributed by atoms with Crippen LogP contribution in [0.4, 0.5) is 5.69 Å². The number of nitrogens with zero attached hydrogens (tertiary/aromatic N) is 3. The Balaban J connectivity index is 1.88. The third-order valence-electron chi connectivity index (χ3n) is 2.82. The molecule has 0 amide bonds. The fraction of sp³-hybridized carbons (Fsp3) is 0.143. The van der Waals surface area contributed by atoms with E-state index in [2.05, 4.69) is 15.4 Å². The van der Waals surface area contributed by atoms with Gasteiger partial charge < -0.3 is 5.32 Å². The van der Waals surface area contributed by atoms with Gasteiger partial charge in [0.15, 0.2) is 0 Å². The number of anilines is 1. The minimum absolute atomic E-state index is 0.661. The van der Waals surface area contributed by atoms with Gasteiger partial charge in [-0.1, -0.05) is 17.7 Å². The smallest absolute Gasteiger partial charge is 0.112 e. The molecule has 0 saturated heterocycles. The number of para-hydroxylation sites is 1. The Kier molecular flexibility index (Phi) is 3.71. The first-order chi connectivity index (χ1) is 9.74. The second-order valence-corrected chi connectivity index (χ2v) is 5.67. The Morgan fingerprint density at radius 3 is 2.95 bits per heavy atom. The van der Waals surface area contributed by atoms with Crippen LogP contribution in [0.1, 0.15) is 10.7 Å². The first-order valence-electron chi connectivity index (χ1n) is 6.17. The normalized spacial score (nSPS) is 10.7. The van der Waals surface area contributed by atoms with Crippen LogP contribution in [-0.2, 0) is 6.54 Å². The summed E-state index contributed by atoms with van der Waals surface area (Å²) < 4.78 is 1.76. The van der Waals surface area contributed by atoms with Crippen LogP contribution in [0.25, 0.3) is 5.69 Å². The molecule has 0 spiro atoms. The predicted octanol–water partition coefficient (Wildman–Crippen LogP) is 3.90. The van der Waals surface area contributed by atoms with Crippen molar-refractivity contribution in [1.29, 1.82) is 0 Å². The summed E-state index contributed by atoms with van der Waals surface area (Å²) in [6, 6.07) is 7.64. The number of nitrogens with one attached hydrogen (secondary N) is 1. The van der Waals surface area contributed by atoms with Crippen LogP contribution in [0.15, 0.2) is 42.0 Å². The zero-order valence-electron chi connectivity index (χ0n) is 10.9. The van der Waals surface area contributed by atoms with Gasteiger partial charge in [0.25, 0.3) is 0 Å². The summed E-state index contributed by atoms with van der Waals surface area (Å²) in [4.78, 5) is 4.44. The number of benzene rings is 1. The zero-order valence-corrected chi connectivity index (χ0v) is 12.4. The molecule has 1 aromatic carbocycles. The summed E-state index contributed by atoms with van der Waals surface area (Å²) in [5.41, 5.74) is 2.84. The Morgan fingerprint density at radius 1 is 1.35 bits per heavy atom. The van der Waals surface area contributed by atoms with Crippen molar-refractivity contribution < 1.29 is 0 Å². The quantitative estimate of drug-likeness (QED) is 0.795. The number of hydrogen-bond acceptors (Lipinski definition) is 4. The van der Waals surface area contributed by atoms with Gasteiger partial charge in [-0.15, -0.1) is 11.3 Å². The van der Waals surface area contributed by atoms with Crippen molar-refractivity contribution >= 4 is 28.6 Å². The lowest BCUT2D eigenvalue weighted by atomic mass is 10.2. The second kappa shape index (κ2) is 5.64. The van der Waals surface area contributed by atoms with Crippen molar-refractivity contribution in [3.8, 4) is 5.69 Å². The molecule has 0 saturated carbocycles. The van der Waals surface area contributed by atoms with Gasteiger partial charge in [0.1, 0.15) is 10.7 Å². The molecule has 0 aliphatic carbocycles. The molecule has 0 aliphatic rings. The third-order valence-corrected chi connectivity index (χ3v) is 4.09. The van der Waals surface area contributed by atoms with Crippen molar-refractivity contribution in [2.24, 2.45) is 0 Å². The summed E-state index contributed by atoms with van der Waals surface area (Å²) in [6.45, 7) is 2.67. The van der Waals surface area contributed by atoms with E-state index in [1.165, 1.54) is 0 Å². The molecule has 6 heteroatoms. The minimum atomic E-state index is 0.661. The van der Waals surface area contributed by atoms with Crippen LogP contribution in [0.2, 0.25) is 5.02 Å². The molecule has 2 heterocycles. The van der Waals surface area contributed by atoms with E-state index in [1.54, 1.807) is 22.2 Å². The summed E-state index contributed by atoms with van der Waals surface area (Å²) in [7, 11) is 0. The average Bonchev–Trinajstić information content (AvgIpc) is 3.08. The van der Waals surface area contributed by atoms with E-state index in [-0.39, 0.29) is 0 Å². The molecule has 0 bridgehead atoms. The highest BCUT2D eigenvalue weighted by Crippen LogP contribution is 2.28. The van der Waals surface area contributed by atoms with Gasteiger partial charge in [0, 0.05) is 23.5 Å². The van der Waals surface area contributed by atoms with E-state index in [4.69, 9.17) is 11.6 Å². The highest BCUT2D eigenvalue weighted by atomic mass is 35.5. The monoisotopic (exact) mass is 304 g/mol. The lowest BCUT2D eigenvalue weighted by Crippen LogP contribution is -2.05. The highest BCUT2D eigenvalue weighted by Gasteiger charge is 2.09. The van der Waals surface area contributed by atoms with Gasteiger partial charge in [-0.2, -0.15) is 5.10 Å². The lowest BCUT2D eigenvalue weighted by molar-refractivity contribution is 0.879. The SMILES string of the molecule is Cc1csc(CNc2cccc(Cl)c2-n2cccn2)n1. The van der Waals surface area contributed by atoms with Crippen LogP contribution in [-0.4, -0.2) is 14.8 Å². The Bertz CT molecular complexity index is 706. The van der Waals surface area contributed by atoms with Crippen molar-refractivity contribution in [2.75, 3.05) is 5.32 Å². The Morgan fingerprint density at radius 2 is 2.25 bits per heavy atom. The molecule has 0 fully saturated rings. The molecule has 2 aromatic heterocycles. The number of aromatic nitrogens is 3. The van der Waals surface area contributed by atoms with Gasteiger partial charge in [-0.25, -0.2) is 9.67 Å². The number of thiazole rings is 1. The van der Waals surface area contributed by atoms with Crippen molar-refractivity contribution in [2.45, 2.75) is 13.5 Å². The van der Waals surface area contributed by atoms with E-state index in [9.17, 15) is 0 Å². The molecule has 4 nitrogen and oxygen atoms in total. The summed E-state index contributed by atoms with van der Waals surface area (Å²) >= 11 is 7.94. The molecular formula is C14H13ClN4S. The molecule has 3 aromatic rings. The number of rotatable bonds is 4. The average molecular weight is 305 g/mol. The second-order valence-electron chi connectivity index (χ2n) is 4.32. The van der Waals surface area contributed by atoms with Crippen molar-refractivity contribution in [3.05, 3.63) is 57.8 Å². The lowest BCUT2D eigenvalue weighted by Gasteiger charge is -2.12. The van der Waals surface area contributed by atoms with Crippen LogP contribution in [0, 0.1) is 6.92 Å². The van der Waals surface area contributed by atoms with Crippen LogP contribution < -0.4 is 5.32 Å². The largest absolute Gasteiger partial charge is 0.377 e. The first kappa shape index (κ1) is 13.1. The molecule has 0 radical (unpaired) electrons. The maximum Gasteiger partial charge on any atom is 0.112 e. The standard InChI is InChI=1S/C14H13ClN4S/c1-10-9-20-13(18-10)8-16-12-5-2-4-11(15)14(12)19-7-3-6-17-19/h2-7,9,16H,8H2,1H3. The number of aryl methyl sites for hydroxylation is 1. The molecular weight excluding hydrogens is 292 g/mol. The minimum Gasteiger partial charge on any atom is -0.377 e. The third kappa shape index (κ3) is 2.69. The molecule has 20 heavy (non-hydrogen) atoms. The van der Waals surface area contributed by atoms with Crippen LogP contribution >= 0.6 is 22.9 Å². The maximum atomic E-state index is 6.29. The van der Waals surface area contributed by atoms with Crippen LogP contribution in [0.3, 0.4) is 0 Å². The Hall–Kier alpha value is -1.85. The summed E-state index contributed by atoms with van der Waals surface area (Å²) in [5.74, 6) is 0. The molecule has 0 atom stereocenters. The summed E-state index contributed by atoms with van der Waals surface area (Å²) in [5, 5.41) is 11.4. The molecule has 1 N–H and O–H groups in total. The topological polar surface area (TPSA) is 42.7 Å². The van der Waals surface area contributed by atoms with Gasteiger partial charge >= 0.3 is 0 Å². The van der Waals surface area contributed by atoms with Gasteiger partial charge in [0.2, 0.25) is 0 Å². The maximum absolute atomic E-state index is 6.29. The number of halogens is 1. The molecule has 3 rings (SSSR count). The molecule has 102 valence electrons. The van der Waals surface area contributed by atoms with Crippen molar-refractivity contribution in [1.82, 2.24) is 14.8 Å². The first-order valence-corrected chi connectivity index (χ1v) is 7.43. The van der Waals surface area contributed by atoms with E-state index >= 15 is 0 Å². The molecule has 0 aliphatic heterocycles. The van der Waals surface area contributed by atoms with Crippen LogP contribution in [0.5, 0.6) is 0 Å². The number of hydrogen-bond donors (Lipinski definition) is 1. The van der Waals surface area contributed by atoms with Gasteiger partial charge in [-0.3, -0.25) is 0 Å². The van der Waals surface area contributed by atoms with E-state index < -0.39 is 0 Å². The predicted molar refractivity (Wildman–Crippen MR) is 82.8 cm³/mol. The molecule has 0 unspecified atom stereocenters. The van der Waals surface area contributed by atoms with Gasteiger partial charge in [0.05, 0.1) is 17.3 Å². The van der Waals surface area contributed by atoms with E-state index in [1.807, 2.05) is 42.8 Å². The zero-order chi connectivity index (χ0) is 13.9. The van der Waals surface area contributed by atoms with Crippen molar-refractivity contribution in [3.63, 3.8) is 0 Å². The summed E-state index contributed by atoms with van der Waals surface area (Å²) in [6.07, 6.45) is 3.61. The van der Waals surface area contributed by atoms with E-state index in [0.717, 1.165) is 22.1 Å². The Labute approximate surface area is 126 Å². The fourth-order valence-electron chi connectivity index (χ4n) is 1.95. The fourth-order valence-corrected chi connectivity index (χ4v) is 2.92. The highest BCUT2D eigenvalue weighted by molar-refractivity contribution is 7.09. The van der Waals surface area contributed by atoms with Gasteiger partial charge in [-0.05, 0) is 25.1 Å². The van der Waals surface area contributed by atoms with E-state index in [0.29, 0.717) is 11.6 Å².